The molecule has 1 N–H and O–H groups in total. The molecule has 1 atom stereocenters. The summed E-state index contributed by atoms with van der Waals surface area (Å²) >= 11 is 6.15. The van der Waals surface area contributed by atoms with E-state index in [0.717, 1.165) is 5.56 Å². The lowest BCUT2D eigenvalue weighted by molar-refractivity contribution is -0.136. The lowest BCUT2D eigenvalue weighted by Gasteiger charge is -2.23. The fourth-order valence-corrected chi connectivity index (χ4v) is 3.74. The Balaban J connectivity index is 1.72. The Kier molecular flexibility index (Phi) is 4.75. The molecular formula is C23H18ClNO3. The van der Waals surface area contributed by atoms with E-state index in [1.165, 1.54) is 4.90 Å². The number of ketones is 1. The molecule has 3 aromatic carbocycles. The van der Waals surface area contributed by atoms with Crippen LogP contribution in [0.25, 0.3) is 0 Å². The third-order valence-electron chi connectivity index (χ3n) is 4.99. The molecule has 0 fully saturated rings. The highest BCUT2D eigenvalue weighted by Gasteiger charge is 2.50. The molecule has 3 aromatic rings. The molecule has 5 heteroatoms. The second-order valence-electron chi connectivity index (χ2n) is 6.86. The standard InChI is InChI=1S/C23H18ClNO3/c24-18-11-12-19-20(13-18)25(15-16-7-3-1-4-8-16)22(27)23(19,28)14-21(26)17-9-5-2-6-10-17/h1-13,28H,14-15H2/t23-/m0/s1. The minimum absolute atomic E-state index is 0.287. The maximum absolute atomic E-state index is 13.2. The second-order valence-corrected chi connectivity index (χ2v) is 7.30. The number of rotatable bonds is 5. The number of nitrogens with zero attached hydrogens (tertiary/aromatic N) is 1. The van der Waals surface area contributed by atoms with Crippen LogP contribution in [0.2, 0.25) is 5.02 Å². The third kappa shape index (κ3) is 3.21. The summed E-state index contributed by atoms with van der Waals surface area (Å²) in [6.07, 6.45) is -0.324. The number of amides is 1. The van der Waals surface area contributed by atoms with Crippen LogP contribution < -0.4 is 4.90 Å². The zero-order valence-corrected chi connectivity index (χ0v) is 15.8. The normalized spacial score (nSPS) is 18.2. The van der Waals surface area contributed by atoms with E-state index in [9.17, 15) is 14.7 Å². The molecular weight excluding hydrogens is 374 g/mol. The summed E-state index contributed by atoms with van der Waals surface area (Å²) in [6, 6.07) is 23.1. The molecule has 4 rings (SSSR count). The molecule has 0 unspecified atom stereocenters. The average Bonchev–Trinajstić information content (AvgIpc) is 2.90. The second kappa shape index (κ2) is 7.23. The van der Waals surface area contributed by atoms with Crippen molar-refractivity contribution in [2.24, 2.45) is 0 Å². The van der Waals surface area contributed by atoms with Crippen molar-refractivity contribution in [1.82, 2.24) is 0 Å². The van der Waals surface area contributed by atoms with Crippen molar-refractivity contribution in [3.8, 4) is 0 Å². The minimum atomic E-state index is -1.92. The van der Waals surface area contributed by atoms with Crippen molar-refractivity contribution < 1.29 is 14.7 Å². The van der Waals surface area contributed by atoms with Gasteiger partial charge in [-0.15, -0.1) is 0 Å². The van der Waals surface area contributed by atoms with Crippen molar-refractivity contribution in [3.05, 3.63) is 101 Å². The smallest absolute Gasteiger partial charge is 0.264 e. The summed E-state index contributed by atoms with van der Waals surface area (Å²) < 4.78 is 0. The molecule has 0 spiro atoms. The van der Waals surface area contributed by atoms with Gasteiger partial charge in [-0.1, -0.05) is 78.3 Å². The van der Waals surface area contributed by atoms with E-state index in [0.29, 0.717) is 21.8 Å². The van der Waals surface area contributed by atoms with Gasteiger partial charge in [0.25, 0.3) is 5.91 Å². The van der Waals surface area contributed by atoms with Gasteiger partial charge in [-0.2, -0.15) is 0 Å². The fraction of sp³-hybridized carbons (Fsp3) is 0.130. The summed E-state index contributed by atoms with van der Waals surface area (Å²) in [4.78, 5) is 27.5. The molecule has 1 amide bonds. The molecule has 140 valence electrons. The van der Waals surface area contributed by atoms with E-state index in [2.05, 4.69) is 0 Å². The van der Waals surface area contributed by atoms with E-state index in [1.54, 1.807) is 42.5 Å². The van der Waals surface area contributed by atoms with Crippen LogP contribution in [0, 0.1) is 0 Å². The van der Waals surface area contributed by atoms with Crippen LogP contribution >= 0.6 is 11.6 Å². The Morgan fingerprint density at radius 1 is 0.964 bits per heavy atom. The predicted molar refractivity (Wildman–Crippen MR) is 108 cm³/mol. The van der Waals surface area contributed by atoms with Gasteiger partial charge in [-0.25, -0.2) is 0 Å². The average molecular weight is 392 g/mol. The van der Waals surface area contributed by atoms with E-state index in [1.807, 2.05) is 36.4 Å². The van der Waals surface area contributed by atoms with Gasteiger partial charge in [0.15, 0.2) is 11.4 Å². The number of carbonyl (C=O) groups excluding carboxylic acids is 2. The van der Waals surface area contributed by atoms with E-state index >= 15 is 0 Å². The molecule has 0 saturated heterocycles. The fourth-order valence-electron chi connectivity index (χ4n) is 3.58. The number of fused-ring (bicyclic) bond motifs is 1. The molecule has 1 aliphatic rings. The Morgan fingerprint density at radius 2 is 1.61 bits per heavy atom. The van der Waals surface area contributed by atoms with E-state index in [4.69, 9.17) is 11.6 Å². The number of halogens is 1. The zero-order chi connectivity index (χ0) is 19.7. The Bertz CT molecular complexity index is 1040. The molecule has 0 aliphatic carbocycles. The molecule has 28 heavy (non-hydrogen) atoms. The van der Waals surface area contributed by atoms with Crippen molar-refractivity contribution in [1.29, 1.82) is 0 Å². The van der Waals surface area contributed by atoms with Crippen molar-refractivity contribution in [3.63, 3.8) is 0 Å². The topological polar surface area (TPSA) is 57.6 Å². The zero-order valence-electron chi connectivity index (χ0n) is 15.0. The molecule has 0 radical (unpaired) electrons. The van der Waals surface area contributed by atoms with Crippen LogP contribution in [0.3, 0.4) is 0 Å². The van der Waals surface area contributed by atoms with Gasteiger partial charge in [0.2, 0.25) is 0 Å². The maximum atomic E-state index is 13.2. The molecule has 1 heterocycles. The highest BCUT2D eigenvalue weighted by molar-refractivity contribution is 6.31. The van der Waals surface area contributed by atoms with Crippen LogP contribution in [0.15, 0.2) is 78.9 Å². The maximum Gasteiger partial charge on any atom is 0.264 e. The van der Waals surface area contributed by atoms with E-state index < -0.39 is 11.5 Å². The summed E-state index contributed by atoms with van der Waals surface area (Å²) in [6.45, 7) is 0.287. The summed E-state index contributed by atoms with van der Waals surface area (Å²) in [7, 11) is 0. The Hall–Kier alpha value is -2.95. The highest BCUT2D eigenvalue weighted by atomic mass is 35.5. The number of carbonyl (C=O) groups is 2. The highest BCUT2D eigenvalue weighted by Crippen LogP contribution is 2.44. The number of hydrogen-bond donors (Lipinski definition) is 1. The summed E-state index contributed by atoms with van der Waals surface area (Å²) in [5, 5.41) is 11.8. The van der Waals surface area contributed by atoms with Crippen LogP contribution in [-0.4, -0.2) is 16.8 Å². The van der Waals surface area contributed by atoms with Gasteiger partial charge in [0.1, 0.15) is 0 Å². The van der Waals surface area contributed by atoms with Crippen molar-refractivity contribution >= 4 is 29.0 Å². The third-order valence-corrected chi connectivity index (χ3v) is 5.23. The van der Waals surface area contributed by atoms with Crippen LogP contribution in [0.5, 0.6) is 0 Å². The van der Waals surface area contributed by atoms with Crippen LogP contribution in [0.1, 0.15) is 27.9 Å². The molecule has 1 aliphatic heterocycles. The largest absolute Gasteiger partial charge is 0.375 e. The summed E-state index contributed by atoms with van der Waals surface area (Å²) in [5.74, 6) is -0.809. The Morgan fingerprint density at radius 3 is 2.29 bits per heavy atom. The number of benzene rings is 3. The van der Waals surface area contributed by atoms with Gasteiger partial charge >= 0.3 is 0 Å². The van der Waals surface area contributed by atoms with Crippen LogP contribution in [-0.2, 0) is 16.9 Å². The van der Waals surface area contributed by atoms with Gasteiger partial charge in [0.05, 0.1) is 18.7 Å². The van der Waals surface area contributed by atoms with E-state index in [-0.39, 0.29) is 18.7 Å². The first-order valence-electron chi connectivity index (χ1n) is 8.95. The molecule has 4 nitrogen and oxygen atoms in total. The molecule has 0 aromatic heterocycles. The van der Waals surface area contributed by atoms with Gasteiger partial charge in [-0.05, 0) is 17.7 Å². The number of hydrogen-bond acceptors (Lipinski definition) is 3. The first-order valence-corrected chi connectivity index (χ1v) is 9.33. The predicted octanol–water partition coefficient (Wildman–Crippen LogP) is 4.35. The Labute approximate surface area is 168 Å². The molecule has 0 saturated carbocycles. The van der Waals surface area contributed by atoms with Gasteiger partial charge in [-0.3, -0.25) is 9.59 Å². The summed E-state index contributed by atoms with van der Waals surface area (Å²) in [5.41, 5.74) is 0.398. The number of aliphatic hydroxyl groups is 1. The first kappa shape index (κ1) is 18.4. The first-order chi connectivity index (χ1) is 13.5. The SMILES string of the molecule is O=C(C[C@@]1(O)C(=O)N(Cc2ccccc2)c2cc(Cl)ccc21)c1ccccc1. The lowest BCUT2D eigenvalue weighted by Crippen LogP contribution is -2.41. The molecule has 0 bridgehead atoms. The van der Waals surface area contributed by atoms with Crippen molar-refractivity contribution in [2.45, 2.75) is 18.6 Å². The van der Waals surface area contributed by atoms with Crippen molar-refractivity contribution in [2.75, 3.05) is 4.90 Å². The number of Topliss-reactive ketones (excluding diaryl/α,β-unsaturated/α-hetero) is 1. The van der Waals surface area contributed by atoms with Gasteiger partial charge in [0, 0.05) is 16.1 Å². The van der Waals surface area contributed by atoms with Gasteiger partial charge < -0.3 is 10.0 Å². The number of anilines is 1. The van der Waals surface area contributed by atoms with Crippen LogP contribution in [0.4, 0.5) is 5.69 Å². The minimum Gasteiger partial charge on any atom is -0.375 e. The quantitative estimate of drug-likeness (QED) is 0.658. The lowest BCUT2D eigenvalue weighted by atomic mass is 9.88. The monoisotopic (exact) mass is 391 g/mol.